The second kappa shape index (κ2) is 7.60. The van der Waals surface area contributed by atoms with Gasteiger partial charge in [0.05, 0.1) is 6.61 Å². The van der Waals surface area contributed by atoms with Crippen LogP contribution in [0.2, 0.25) is 5.02 Å². The molecule has 1 rings (SSSR count). The van der Waals surface area contributed by atoms with Crippen LogP contribution in [0.3, 0.4) is 0 Å². The average molecular weight is 278 g/mol. The number of ether oxygens (including phenoxy) is 1. The fourth-order valence-electron chi connectivity index (χ4n) is 1.75. The van der Waals surface area contributed by atoms with Gasteiger partial charge in [0.25, 0.3) is 0 Å². The molecule has 0 aromatic heterocycles. The molecule has 0 aliphatic heterocycles. The number of nitrogens with zero attached hydrogens (tertiary/aromatic N) is 1. The van der Waals surface area contributed by atoms with Crippen molar-refractivity contribution in [2.75, 3.05) is 6.61 Å². The minimum atomic E-state index is -0.566. The van der Waals surface area contributed by atoms with E-state index >= 15 is 0 Å². The van der Waals surface area contributed by atoms with Crippen LogP contribution in [0.25, 0.3) is 5.57 Å². The summed E-state index contributed by atoms with van der Waals surface area (Å²) in [5.41, 5.74) is 1.61. The average Bonchev–Trinajstić information content (AvgIpc) is 2.40. The lowest BCUT2D eigenvalue weighted by atomic mass is 9.96. The molecule has 0 N–H and O–H groups in total. The summed E-state index contributed by atoms with van der Waals surface area (Å²) in [6.45, 7) is 3.97. The lowest BCUT2D eigenvalue weighted by Crippen LogP contribution is -2.09. The number of carbonyl (C=O) groups is 1. The number of esters is 1. The summed E-state index contributed by atoms with van der Waals surface area (Å²) in [6.07, 6.45) is 1.48. The predicted octanol–water partition coefficient (Wildman–Crippen LogP) is 3.98. The van der Waals surface area contributed by atoms with Gasteiger partial charge in [-0.1, -0.05) is 37.1 Å². The monoisotopic (exact) mass is 277 g/mol. The number of carbonyl (C=O) groups excluding carboxylic acids is 1. The van der Waals surface area contributed by atoms with Gasteiger partial charge < -0.3 is 4.74 Å². The molecule has 0 saturated carbocycles. The van der Waals surface area contributed by atoms with Gasteiger partial charge in [-0.25, -0.2) is 4.79 Å². The quantitative estimate of drug-likeness (QED) is 0.465. The van der Waals surface area contributed by atoms with Crippen LogP contribution in [0.15, 0.2) is 29.8 Å². The van der Waals surface area contributed by atoms with Gasteiger partial charge in [-0.15, -0.1) is 0 Å². The molecule has 0 spiro atoms. The van der Waals surface area contributed by atoms with Crippen LogP contribution in [0.4, 0.5) is 0 Å². The molecule has 0 bridgehead atoms. The summed E-state index contributed by atoms with van der Waals surface area (Å²) in [5, 5.41) is 9.82. The fraction of sp³-hybridized carbons (Fsp3) is 0.333. The third-order valence-electron chi connectivity index (χ3n) is 2.59. The maximum Gasteiger partial charge on any atom is 0.349 e. The summed E-state index contributed by atoms with van der Waals surface area (Å²) in [5.74, 6) is -0.566. The van der Waals surface area contributed by atoms with Crippen molar-refractivity contribution < 1.29 is 9.53 Å². The van der Waals surface area contributed by atoms with E-state index in [-0.39, 0.29) is 12.2 Å². The van der Waals surface area contributed by atoms with Crippen molar-refractivity contribution in [2.45, 2.75) is 26.7 Å². The molecule has 0 radical (unpaired) electrons. The van der Waals surface area contributed by atoms with Gasteiger partial charge >= 0.3 is 5.97 Å². The van der Waals surface area contributed by atoms with Gasteiger partial charge in [0.2, 0.25) is 0 Å². The zero-order valence-corrected chi connectivity index (χ0v) is 11.8. The van der Waals surface area contributed by atoms with E-state index in [0.29, 0.717) is 17.0 Å². The largest absolute Gasteiger partial charge is 0.462 e. The molecule has 0 atom stereocenters. The molecule has 0 aliphatic carbocycles. The maximum absolute atomic E-state index is 11.8. The molecule has 4 heteroatoms. The molecule has 0 amide bonds. The maximum atomic E-state index is 11.8. The van der Waals surface area contributed by atoms with Crippen LogP contribution in [0.5, 0.6) is 0 Å². The highest BCUT2D eigenvalue weighted by Gasteiger charge is 2.17. The second-order valence-corrected chi connectivity index (χ2v) is 4.38. The normalized spacial score (nSPS) is 11.5. The van der Waals surface area contributed by atoms with Crippen molar-refractivity contribution in [3.8, 4) is 6.07 Å². The molecular weight excluding hydrogens is 262 g/mol. The Kier molecular flexibility index (Phi) is 6.11. The minimum Gasteiger partial charge on any atom is -0.462 e. The van der Waals surface area contributed by atoms with Crippen LogP contribution in [-0.2, 0) is 9.53 Å². The number of hydrogen-bond acceptors (Lipinski definition) is 3. The smallest absolute Gasteiger partial charge is 0.349 e. The second-order valence-electron chi connectivity index (χ2n) is 3.94. The summed E-state index contributed by atoms with van der Waals surface area (Å²) in [7, 11) is 0. The Balaban J connectivity index is 3.27. The van der Waals surface area contributed by atoms with Crippen molar-refractivity contribution in [2.24, 2.45) is 0 Å². The zero-order chi connectivity index (χ0) is 14.3. The zero-order valence-electron chi connectivity index (χ0n) is 11.1. The highest BCUT2D eigenvalue weighted by atomic mass is 35.5. The molecule has 0 aliphatic rings. The Morgan fingerprint density at radius 1 is 1.32 bits per heavy atom. The molecule has 0 unspecified atom stereocenters. The van der Waals surface area contributed by atoms with E-state index < -0.39 is 5.97 Å². The Hall–Kier alpha value is -1.79. The number of rotatable bonds is 5. The number of halogens is 1. The van der Waals surface area contributed by atoms with E-state index in [1.807, 2.05) is 25.1 Å². The van der Waals surface area contributed by atoms with Crippen LogP contribution in [0.1, 0.15) is 32.3 Å². The van der Waals surface area contributed by atoms with Crippen LogP contribution < -0.4 is 0 Å². The number of allylic oxidation sites excluding steroid dienone is 1. The van der Waals surface area contributed by atoms with E-state index in [1.165, 1.54) is 0 Å². The van der Waals surface area contributed by atoms with Crippen molar-refractivity contribution in [1.29, 1.82) is 5.26 Å². The van der Waals surface area contributed by atoms with E-state index in [9.17, 15) is 10.1 Å². The van der Waals surface area contributed by atoms with Gasteiger partial charge in [0, 0.05) is 5.02 Å². The molecule has 100 valence electrons. The van der Waals surface area contributed by atoms with Crippen LogP contribution >= 0.6 is 11.6 Å². The first-order chi connectivity index (χ1) is 9.13. The van der Waals surface area contributed by atoms with Gasteiger partial charge in [0.15, 0.2) is 0 Å². The molecular formula is C15H16ClNO2. The third-order valence-corrected chi connectivity index (χ3v) is 2.84. The van der Waals surface area contributed by atoms with E-state index in [0.717, 1.165) is 12.0 Å². The summed E-state index contributed by atoms with van der Waals surface area (Å²) >= 11 is 5.85. The summed E-state index contributed by atoms with van der Waals surface area (Å²) < 4.78 is 4.92. The van der Waals surface area contributed by atoms with Gasteiger partial charge in [-0.05, 0) is 36.6 Å². The van der Waals surface area contributed by atoms with Crippen molar-refractivity contribution in [3.63, 3.8) is 0 Å². The third kappa shape index (κ3) is 4.11. The van der Waals surface area contributed by atoms with Gasteiger partial charge in [0.1, 0.15) is 11.6 Å². The minimum absolute atomic E-state index is 0.0750. The molecule has 1 aromatic carbocycles. The molecule has 0 heterocycles. The van der Waals surface area contributed by atoms with E-state index in [1.54, 1.807) is 19.1 Å². The Morgan fingerprint density at radius 3 is 2.42 bits per heavy atom. The fourth-order valence-corrected chi connectivity index (χ4v) is 1.88. The molecule has 3 nitrogen and oxygen atoms in total. The van der Waals surface area contributed by atoms with Gasteiger partial charge in [-0.2, -0.15) is 5.26 Å². The molecule has 0 saturated heterocycles. The van der Waals surface area contributed by atoms with Crippen LogP contribution in [-0.4, -0.2) is 12.6 Å². The van der Waals surface area contributed by atoms with Crippen LogP contribution in [0, 0.1) is 11.3 Å². The van der Waals surface area contributed by atoms with Crippen molar-refractivity contribution in [3.05, 3.63) is 40.4 Å². The predicted molar refractivity (Wildman–Crippen MR) is 75.5 cm³/mol. The van der Waals surface area contributed by atoms with E-state index in [4.69, 9.17) is 16.3 Å². The standard InChI is InChI=1S/C15H16ClNO2/c1-3-5-13(11-6-8-12(16)9-7-11)14(10-17)15(18)19-4-2/h6-9H,3-5H2,1-2H3/b14-13+. The number of nitriles is 1. The van der Waals surface area contributed by atoms with E-state index in [2.05, 4.69) is 0 Å². The number of hydrogen-bond donors (Lipinski definition) is 0. The number of benzene rings is 1. The van der Waals surface area contributed by atoms with Crippen molar-refractivity contribution >= 4 is 23.1 Å². The first-order valence-corrected chi connectivity index (χ1v) is 6.58. The Labute approximate surface area is 118 Å². The molecule has 19 heavy (non-hydrogen) atoms. The van der Waals surface area contributed by atoms with Gasteiger partial charge in [-0.3, -0.25) is 0 Å². The SMILES string of the molecule is CCC/C(=C(/C#N)C(=O)OCC)c1ccc(Cl)cc1. The summed E-state index contributed by atoms with van der Waals surface area (Å²) in [4.78, 5) is 11.8. The lowest BCUT2D eigenvalue weighted by molar-refractivity contribution is -0.137. The topological polar surface area (TPSA) is 50.1 Å². The Bertz CT molecular complexity index is 512. The van der Waals surface area contributed by atoms with Crippen molar-refractivity contribution in [1.82, 2.24) is 0 Å². The molecule has 1 aromatic rings. The summed E-state index contributed by atoms with van der Waals surface area (Å²) in [6, 6.07) is 9.06. The highest BCUT2D eigenvalue weighted by molar-refractivity contribution is 6.30. The first kappa shape index (κ1) is 15.3. The highest BCUT2D eigenvalue weighted by Crippen LogP contribution is 2.25. The lowest BCUT2D eigenvalue weighted by Gasteiger charge is -2.10. The Morgan fingerprint density at radius 2 is 1.95 bits per heavy atom. The first-order valence-electron chi connectivity index (χ1n) is 6.20. The molecule has 0 fully saturated rings.